The fourth-order valence-corrected chi connectivity index (χ4v) is 10.5. The van der Waals surface area contributed by atoms with Crippen molar-refractivity contribution in [2.45, 2.75) is 44.4 Å². The average Bonchev–Trinajstić information content (AvgIpc) is 3.03. The Morgan fingerprint density at radius 3 is 1.74 bits per heavy atom. The van der Waals surface area contributed by atoms with E-state index in [0.717, 1.165) is 21.5 Å². The van der Waals surface area contributed by atoms with Crippen LogP contribution < -0.4 is 15.1 Å². The van der Waals surface area contributed by atoms with Gasteiger partial charge in [0.15, 0.2) is 0 Å². The molecule has 0 aliphatic heterocycles. The van der Waals surface area contributed by atoms with Gasteiger partial charge in [-0.1, -0.05) is 124 Å². The van der Waals surface area contributed by atoms with Crippen LogP contribution in [0.15, 0.2) is 115 Å². The Morgan fingerprint density at radius 1 is 0.791 bits per heavy atom. The van der Waals surface area contributed by atoms with Gasteiger partial charge in [-0.2, -0.15) is 0 Å². The number of carbonyl (C=O) groups is 1. The molecule has 0 aliphatic rings. The molecular formula is C36H43NO5Si. The van der Waals surface area contributed by atoms with Crippen LogP contribution >= 0.6 is 0 Å². The van der Waals surface area contributed by atoms with Crippen molar-refractivity contribution in [2.24, 2.45) is 0 Å². The Morgan fingerprint density at radius 2 is 1.30 bits per heavy atom. The fraction of sp³-hybridized carbons (Fsp3) is 0.306. The monoisotopic (exact) mass is 597 g/mol. The summed E-state index contributed by atoms with van der Waals surface area (Å²) >= 11 is 0. The summed E-state index contributed by atoms with van der Waals surface area (Å²) in [4.78, 5) is 14.4. The van der Waals surface area contributed by atoms with E-state index in [1.807, 2.05) is 66.7 Å². The molecule has 0 unspecified atom stereocenters. The van der Waals surface area contributed by atoms with Crippen LogP contribution in [-0.2, 0) is 15.6 Å². The van der Waals surface area contributed by atoms with Crippen molar-refractivity contribution in [3.05, 3.63) is 126 Å². The van der Waals surface area contributed by atoms with Crippen molar-refractivity contribution in [2.75, 3.05) is 27.4 Å². The number of nitrogens with zero attached hydrogens (tertiary/aromatic N) is 1. The molecule has 43 heavy (non-hydrogen) atoms. The first-order chi connectivity index (χ1) is 20.7. The summed E-state index contributed by atoms with van der Waals surface area (Å²) < 4.78 is 18.8. The van der Waals surface area contributed by atoms with E-state index in [9.17, 15) is 9.90 Å². The number of hydrogen-bond donors (Lipinski definition) is 1. The first kappa shape index (κ1) is 32.0. The standard InChI is InChI=1S/C36H43NO5Si/c1-36(2,3)43(31-17-11-7-12-18-31,32-19-13-8-14-20-32)42-27-33(41-5)34(29-21-23-30(40-4)24-22-29)37(35(38)39)26-25-28-15-9-6-10-16-28/h6-24,33-34H,25-27H2,1-5H3,(H,38,39)/t33-,34-/m1/s1. The quantitative estimate of drug-likeness (QED) is 0.177. The Balaban J connectivity index is 1.77. The summed E-state index contributed by atoms with van der Waals surface area (Å²) in [5.41, 5.74) is 1.88. The summed E-state index contributed by atoms with van der Waals surface area (Å²) in [6, 6.07) is 37.7. The Hall–Kier alpha value is -3.91. The van der Waals surface area contributed by atoms with Crippen molar-refractivity contribution in [3.63, 3.8) is 0 Å². The predicted octanol–water partition coefficient (Wildman–Crippen LogP) is 6.55. The van der Waals surface area contributed by atoms with Crippen LogP contribution in [0.1, 0.15) is 37.9 Å². The highest BCUT2D eigenvalue weighted by molar-refractivity contribution is 6.99. The van der Waals surface area contributed by atoms with Crippen LogP contribution in [0.3, 0.4) is 0 Å². The van der Waals surface area contributed by atoms with E-state index < -0.39 is 26.6 Å². The molecule has 226 valence electrons. The molecule has 0 saturated heterocycles. The number of hydrogen-bond acceptors (Lipinski definition) is 4. The summed E-state index contributed by atoms with van der Waals surface area (Å²) in [7, 11) is 0.360. The minimum Gasteiger partial charge on any atom is -0.497 e. The predicted molar refractivity (Wildman–Crippen MR) is 175 cm³/mol. The van der Waals surface area contributed by atoms with Gasteiger partial charge in [-0.3, -0.25) is 4.90 Å². The Kier molecular flexibility index (Phi) is 10.8. The zero-order chi connectivity index (χ0) is 30.9. The Bertz CT molecular complexity index is 1370. The lowest BCUT2D eigenvalue weighted by atomic mass is 9.99. The van der Waals surface area contributed by atoms with E-state index in [2.05, 4.69) is 69.3 Å². The maximum atomic E-state index is 12.9. The third-order valence-electron chi connectivity index (χ3n) is 8.06. The van der Waals surface area contributed by atoms with Crippen LogP contribution in [-0.4, -0.2) is 57.9 Å². The van der Waals surface area contributed by atoms with Gasteiger partial charge in [0.2, 0.25) is 0 Å². The van der Waals surface area contributed by atoms with Gasteiger partial charge in [-0.15, -0.1) is 0 Å². The molecule has 0 radical (unpaired) electrons. The van der Waals surface area contributed by atoms with Crippen LogP contribution in [0.4, 0.5) is 4.79 Å². The molecule has 2 atom stereocenters. The highest BCUT2D eigenvalue weighted by atomic mass is 28.4. The van der Waals surface area contributed by atoms with Crippen LogP contribution in [0.5, 0.6) is 5.75 Å². The van der Waals surface area contributed by atoms with Gasteiger partial charge in [-0.25, -0.2) is 4.79 Å². The molecule has 0 aliphatic carbocycles. The van der Waals surface area contributed by atoms with Crippen LogP contribution in [0.25, 0.3) is 0 Å². The average molecular weight is 598 g/mol. The molecule has 0 spiro atoms. The van der Waals surface area contributed by atoms with Gasteiger partial charge in [0, 0.05) is 13.7 Å². The highest BCUT2D eigenvalue weighted by Gasteiger charge is 2.51. The number of rotatable bonds is 13. The number of amides is 1. The normalized spacial score (nSPS) is 13.2. The van der Waals surface area contributed by atoms with E-state index in [-0.39, 0.29) is 11.6 Å². The molecule has 6 nitrogen and oxygen atoms in total. The van der Waals surface area contributed by atoms with Gasteiger partial charge >= 0.3 is 6.09 Å². The first-order valence-corrected chi connectivity index (χ1v) is 16.6. The van der Waals surface area contributed by atoms with Gasteiger partial charge in [-0.05, 0) is 45.1 Å². The summed E-state index contributed by atoms with van der Waals surface area (Å²) in [6.07, 6.45) is -1.02. The number of ether oxygens (including phenoxy) is 2. The molecule has 4 aromatic rings. The molecule has 0 heterocycles. The molecule has 0 fully saturated rings. The topological polar surface area (TPSA) is 68.2 Å². The molecule has 1 amide bonds. The van der Waals surface area contributed by atoms with Gasteiger partial charge in [0.05, 0.1) is 19.8 Å². The van der Waals surface area contributed by atoms with Gasteiger partial charge in [0.1, 0.15) is 11.9 Å². The lowest BCUT2D eigenvalue weighted by molar-refractivity contribution is -0.0114. The van der Waals surface area contributed by atoms with Crippen LogP contribution in [0.2, 0.25) is 5.04 Å². The summed E-state index contributed by atoms with van der Waals surface area (Å²) in [5, 5.41) is 12.6. The Labute approximate surface area is 257 Å². The SMILES string of the molecule is COc1ccc([C@H]([C@@H](CO[Si](c2ccccc2)(c2ccccc2)C(C)(C)C)OC)N(CCc2ccccc2)C(=O)O)cc1. The lowest BCUT2D eigenvalue weighted by Crippen LogP contribution is -2.67. The molecule has 4 aromatic carbocycles. The van der Waals surface area contributed by atoms with E-state index >= 15 is 0 Å². The maximum absolute atomic E-state index is 12.9. The second kappa shape index (κ2) is 14.5. The maximum Gasteiger partial charge on any atom is 0.407 e. The minimum absolute atomic E-state index is 0.204. The van der Waals surface area contributed by atoms with E-state index in [4.69, 9.17) is 13.9 Å². The zero-order valence-corrected chi connectivity index (χ0v) is 26.8. The van der Waals surface area contributed by atoms with Gasteiger partial charge < -0.3 is 19.0 Å². The number of methoxy groups -OCH3 is 2. The van der Waals surface area contributed by atoms with Crippen molar-refractivity contribution in [1.29, 1.82) is 0 Å². The van der Waals surface area contributed by atoms with Crippen molar-refractivity contribution in [1.82, 2.24) is 4.90 Å². The molecule has 4 rings (SSSR count). The fourth-order valence-electron chi connectivity index (χ4n) is 5.90. The molecule has 0 aromatic heterocycles. The van der Waals surface area contributed by atoms with Crippen LogP contribution in [0, 0.1) is 0 Å². The number of carboxylic acid groups (broad SMARTS) is 1. The molecule has 0 bridgehead atoms. The zero-order valence-electron chi connectivity index (χ0n) is 25.8. The largest absolute Gasteiger partial charge is 0.497 e. The summed E-state index contributed by atoms with van der Waals surface area (Å²) in [6.45, 7) is 7.19. The third-order valence-corrected chi connectivity index (χ3v) is 13.1. The smallest absolute Gasteiger partial charge is 0.407 e. The van der Waals surface area contributed by atoms with Crippen molar-refractivity contribution < 1.29 is 23.8 Å². The highest BCUT2D eigenvalue weighted by Crippen LogP contribution is 2.38. The number of benzene rings is 4. The lowest BCUT2D eigenvalue weighted by Gasteiger charge is -2.44. The molecule has 7 heteroatoms. The second-order valence-electron chi connectivity index (χ2n) is 11.7. The molecule has 1 N–H and O–H groups in total. The molecular weight excluding hydrogens is 554 g/mol. The van der Waals surface area contributed by atoms with Crippen molar-refractivity contribution >= 4 is 24.8 Å². The molecule has 0 saturated carbocycles. The third kappa shape index (κ3) is 7.36. The van der Waals surface area contributed by atoms with E-state index in [0.29, 0.717) is 18.7 Å². The van der Waals surface area contributed by atoms with E-state index in [1.165, 1.54) is 4.90 Å². The summed E-state index contributed by atoms with van der Waals surface area (Å²) in [5.74, 6) is 0.700. The van der Waals surface area contributed by atoms with Crippen molar-refractivity contribution in [3.8, 4) is 5.75 Å². The van der Waals surface area contributed by atoms with Gasteiger partial charge in [0.25, 0.3) is 8.32 Å². The first-order valence-electron chi connectivity index (χ1n) is 14.7. The van der Waals surface area contributed by atoms with E-state index in [1.54, 1.807) is 14.2 Å². The minimum atomic E-state index is -2.89. The second-order valence-corrected chi connectivity index (χ2v) is 16.0.